The van der Waals surface area contributed by atoms with E-state index in [1.807, 2.05) is 6.08 Å². The molecule has 0 fully saturated rings. The van der Waals surface area contributed by atoms with Gasteiger partial charge in [-0.3, -0.25) is 4.79 Å². The van der Waals surface area contributed by atoms with Crippen molar-refractivity contribution in [2.24, 2.45) is 0 Å². The van der Waals surface area contributed by atoms with Gasteiger partial charge in [-0.05, 0) is 33.5 Å². The highest BCUT2D eigenvalue weighted by Crippen LogP contribution is 2.39. The van der Waals surface area contributed by atoms with Crippen LogP contribution in [0.4, 0.5) is 0 Å². The Balaban J connectivity index is 1.95. The fourth-order valence-electron chi connectivity index (χ4n) is 2.98. The molecule has 2 heteroatoms. The molecule has 2 aliphatic rings. The van der Waals surface area contributed by atoms with Crippen LogP contribution in [0.25, 0.3) is 16.3 Å². The molecule has 0 N–H and O–H groups in total. The predicted octanol–water partition coefficient (Wildman–Crippen LogP) is 4.05. The minimum Gasteiger partial charge on any atom is -0.293 e. The molecule has 1 nitrogen and oxygen atoms in total. The van der Waals surface area contributed by atoms with Crippen molar-refractivity contribution in [1.29, 1.82) is 0 Å². The second kappa shape index (κ2) is 3.91. The van der Waals surface area contributed by atoms with Crippen molar-refractivity contribution in [2.75, 3.05) is 0 Å². The molecule has 4 rings (SSSR count). The van der Waals surface area contributed by atoms with Gasteiger partial charge in [-0.25, -0.2) is 0 Å². The molecular weight excluding hydrogens is 300 g/mol. The molecule has 92 valence electrons. The van der Waals surface area contributed by atoms with Crippen molar-refractivity contribution < 1.29 is 4.79 Å². The Morgan fingerprint density at radius 2 is 1.84 bits per heavy atom. The van der Waals surface area contributed by atoms with E-state index in [1.54, 1.807) is 0 Å². The van der Waals surface area contributed by atoms with E-state index in [2.05, 4.69) is 58.4 Å². The van der Waals surface area contributed by atoms with E-state index < -0.39 is 0 Å². The van der Waals surface area contributed by atoms with Gasteiger partial charge < -0.3 is 0 Å². The number of allylic oxidation sites excluding steroid dienone is 4. The number of halogens is 1. The first-order valence-electron chi connectivity index (χ1n) is 6.36. The lowest BCUT2D eigenvalue weighted by Gasteiger charge is -2.12. The molecule has 2 aromatic rings. The Hall–Kier alpha value is -1.67. The number of carbonyl (C=O) groups is 1. The predicted molar refractivity (Wildman–Crippen MR) is 81.4 cm³/mol. The number of hydrogen-bond donors (Lipinski definition) is 0. The highest BCUT2D eigenvalue weighted by Gasteiger charge is 2.30. The van der Waals surface area contributed by atoms with Gasteiger partial charge >= 0.3 is 0 Å². The largest absolute Gasteiger partial charge is 0.293 e. The van der Waals surface area contributed by atoms with Gasteiger partial charge in [-0.2, -0.15) is 0 Å². The van der Waals surface area contributed by atoms with Gasteiger partial charge in [0, 0.05) is 12.0 Å². The minimum atomic E-state index is -0.157. The Labute approximate surface area is 119 Å². The topological polar surface area (TPSA) is 17.1 Å². The highest BCUT2D eigenvalue weighted by molar-refractivity contribution is 9.10. The van der Waals surface area contributed by atoms with Crippen LogP contribution in [0.1, 0.15) is 11.1 Å². The summed E-state index contributed by atoms with van der Waals surface area (Å²) in [5.74, 6) is 0.206. The highest BCUT2D eigenvalue weighted by atomic mass is 79.9. The van der Waals surface area contributed by atoms with E-state index in [-0.39, 0.29) is 10.6 Å². The van der Waals surface area contributed by atoms with E-state index in [9.17, 15) is 4.79 Å². The molecule has 0 spiro atoms. The van der Waals surface area contributed by atoms with E-state index in [4.69, 9.17) is 0 Å². The van der Waals surface area contributed by atoms with Crippen molar-refractivity contribution in [3.05, 3.63) is 65.3 Å². The lowest BCUT2D eigenvalue weighted by atomic mass is 9.96. The number of alkyl halides is 1. The maximum atomic E-state index is 12.2. The van der Waals surface area contributed by atoms with Crippen LogP contribution in [0, 0.1) is 0 Å². The van der Waals surface area contributed by atoms with Crippen molar-refractivity contribution >= 4 is 38.1 Å². The Morgan fingerprint density at radius 3 is 2.63 bits per heavy atom. The summed E-state index contributed by atoms with van der Waals surface area (Å²) in [6.45, 7) is 0. The van der Waals surface area contributed by atoms with Crippen molar-refractivity contribution in [3.8, 4) is 0 Å². The van der Waals surface area contributed by atoms with Gasteiger partial charge in [-0.1, -0.05) is 58.4 Å². The number of rotatable bonds is 0. The fourth-order valence-corrected chi connectivity index (χ4v) is 3.41. The monoisotopic (exact) mass is 310 g/mol. The molecule has 19 heavy (non-hydrogen) atoms. The third-order valence-corrected chi connectivity index (χ3v) is 4.65. The summed E-state index contributed by atoms with van der Waals surface area (Å²) in [7, 11) is 0. The number of benzene rings is 2. The average molecular weight is 311 g/mol. The van der Waals surface area contributed by atoms with Crippen LogP contribution < -0.4 is 0 Å². The summed E-state index contributed by atoms with van der Waals surface area (Å²) < 4.78 is 0. The van der Waals surface area contributed by atoms with Crippen molar-refractivity contribution in [2.45, 2.75) is 11.2 Å². The van der Waals surface area contributed by atoms with Gasteiger partial charge in [-0.15, -0.1) is 0 Å². The molecule has 2 aromatic carbocycles. The van der Waals surface area contributed by atoms with Crippen LogP contribution in [0.3, 0.4) is 0 Å². The zero-order valence-electron chi connectivity index (χ0n) is 10.2. The Kier molecular flexibility index (Phi) is 2.30. The molecule has 0 saturated heterocycles. The molecule has 0 aromatic heterocycles. The molecule has 0 heterocycles. The van der Waals surface area contributed by atoms with Crippen molar-refractivity contribution in [3.63, 3.8) is 0 Å². The third-order valence-electron chi connectivity index (χ3n) is 3.93. The lowest BCUT2D eigenvalue weighted by molar-refractivity contribution is -0.114. The van der Waals surface area contributed by atoms with E-state index in [0.717, 1.165) is 17.6 Å². The summed E-state index contributed by atoms with van der Waals surface area (Å²) in [6, 6.07) is 12.8. The summed E-state index contributed by atoms with van der Waals surface area (Å²) in [5.41, 5.74) is 4.55. The first-order chi connectivity index (χ1) is 9.24. The standard InChI is InChI=1S/C17H11BrO/c18-16-6-5-13-14-8-11-4-2-1-3-10(11)7-12(14)9-15(13)17(16)19/h1-8,16H,9H2. The zero-order valence-corrected chi connectivity index (χ0v) is 11.8. The Morgan fingerprint density at radius 1 is 1.11 bits per heavy atom. The third kappa shape index (κ3) is 1.56. The molecule has 0 radical (unpaired) electrons. The molecule has 1 atom stereocenters. The molecule has 0 aliphatic heterocycles. The molecule has 2 aliphatic carbocycles. The SMILES string of the molecule is O=C1C2=C(C=CC1Br)c1cc3ccccc3cc1C2. The maximum absolute atomic E-state index is 12.2. The number of hydrogen-bond acceptors (Lipinski definition) is 1. The molecular formula is C17H11BrO. The molecule has 0 bridgehead atoms. The maximum Gasteiger partial charge on any atom is 0.177 e. The van der Waals surface area contributed by atoms with Crippen LogP contribution in [0.2, 0.25) is 0 Å². The first kappa shape index (κ1) is 11.2. The first-order valence-corrected chi connectivity index (χ1v) is 7.27. The van der Waals surface area contributed by atoms with Gasteiger partial charge in [0.05, 0.1) is 4.83 Å². The number of fused-ring (bicyclic) bond motifs is 3. The average Bonchev–Trinajstić information content (AvgIpc) is 2.79. The minimum absolute atomic E-state index is 0.157. The lowest BCUT2D eigenvalue weighted by Crippen LogP contribution is -2.17. The van der Waals surface area contributed by atoms with E-state index >= 15 is 0 Å². The molecule has 0 saturated carbocycles. The van der Waals surface area contributed by atoms with Crippen molar-refractivity contribution in [1.82, 2.24) is 0 Å². The zero-order chi connectivity index (χ0) is 13.0. The summed E-state index contributed by atoms with van der Waals surface area (Å²) in [6.07, 6.45) is 4.78. The number of carbonyl (C=O) groups excluding carboxylic acids is 1. The van der Waals surface area contributed by atoms with E-state index in [1.165, 1.54) is 21.9 Å². The van der Waals surface area contributed by atoms with Gasteiger partial charge in [0.2, 0.25) is 0 Å². The summed E-state index contributed by atoms with van der Waals surface area (Å²) in [4.78, 5) is 12.1. The number of Topliss-reactive ketones (excluding diaryl/α,β-unsaturated/α-hetero) is 1. The quantitative estimate of drug-likeness (QED) is 0.671. The molecule has 0 amide bonds. The second-order valence-corrected chi connectivity index (χ2v) is 6.04. The smallest absolute Gasteiger partial charge is 0.177 e. The normalized spacial score (nSPS) is 20.9. The van der Waals surface area contributed by atoms with Gasteiger partial charge in [0.1, 0.15) is 0 Å². The van der Waals surface area contributed by atoms with Gasteiger partial charge in [0.15, 0.2) is 5.78 Å². The van der Waals surface area contributed by atoms with E-state index in [0.29, 0.717) is 0 Å². The Bertz CT molecular complexity index is 783. The summed E-state index contributed by atoms with van der Waals surface area (Å²) in [5, 5.41) is 2.48. The van der Waals surface area contributed by atoms with Crippen LogP contribution in [-0.2, 0) is 11.2 Å². The van der Waals surface area contributed by atoms with Crippen LogP contribution >= 0.6 is 15.9 Å². The fraction of sp³-hybridized carbons (Fsp3) is 0.118. The molecule has 1 unspecified atom stereocenters. The second-order valence-electron chi connectivity index (χ2n) is 5.05. The van der Waals surface area contributed by atoms with Crippen LogP contribution in [0.15, 0.2) is 54.1 Å². The van der Waals surface area contributed by atoms with Crippen LogP contribution in [0.5, 0.6) is 0 Å². The summed E-state index contributed by atoms with van der Waals surface area (Å²) >= 11 is 3.41. The van der Waals surface area contributed by atoms with Crippen LogP contribution in [-0.4, -0.2) is 10.6 Å². The van der Waals surface area contributed by atoms with Gasteiger partial charge in [0.25, 0.3) is 0 Å². The number of ketones is 1.